The van der Waals surface area contributed by atoms with E-state index in [2.05, 4.69) is 18.7 Å². The van der Waals surface area contributed by atoms with E-state index in [4.69, 9.17) is 21.1 Å². The van der Waals surface area contributed by atoms with Crippen molar-refractivity contribution in [3.05, 3.63) is 22.7 Å². The maximum Gasteiger partial charge on any atom is 0.179 e. The monoisotopic (exact) mass is 341 g/mol. The molecule has 0 aliphatic carbocycles. The summed E-state index contributed by atoms with van der Waals surface area (Å²) in [7, 11) is 1.64. The molecule has 0 aromatic heterocycles. The molecule has 1 saturated heterocycles. The number of likely N-dealkylation sites (tertiary alicyclic amines) is 1. The number of ether oxygens (including phenoxy) is 2. The van der Waals surface area contributed by atoms with Gasteiger partial charge in [0.2, 0.25) is 0 Å². The molecule has 5 heteroatoms. The zero-order valence-corrected chi connectivity index (χ0v) is 15.2. The van der Waals surface area contributed by atoms with Crippen molar-refractivity contribution in [2.75, 3.05) is 33.4 Å². The predicted octanol–water partition coefficient (Wildman–Crippen LogP) is 3.73. The van der Waals surface area contributed by atoms with E-state index in [1.807, 2.05) is 12.1 Å². The largest absolute Gasteiger partial charge is 0.493 e. The second kappa shape index (κ2) is 8.22. The summed E-state index contributed by atoms with van der Waals surface area (Å²) in [6.07, 6.45) is 3.11. The Kier molecular flexibility index (Phi) is 6.57. The molecule has 1 aromatic carbocycles. The molecule has 1 atom stereocenters. The highest BCUT2D eigenvalue weighted by Gasteiger charge is 2.30. The molecule has 1 aromatic rings. The van der Waals surface area contributed by atoms with Crippen molar-refractivity contribution in [3.63, 3.8) is 0 Å². The Morgan fingerprint density at radius 2 is 2.17 bits per heavy atom. The first-order valence-electron chi connectivity index (χ1n) is 8.34. The molecule has 0 spiro atoms. The average Bonchev–Trinajstić information content (AvgIpc) is 2.53. The van der Waals surface area contributed by atoms with Crippen molar-refractivity contribution in [1.82, 2.24) is 4.90 Å². The van der Waals surface area contributed by atoms with Gasteiger partial charge in [0.15, 0.2) is 11.5 Å². The second-order valence-corrected chi connectivity index (χ2v) is 7.15. The van der Waals surface area contributed by atoms with Gasteiger partial charge in [0.1, 0.15) is 0 Å². The minimum absolute atomic E-state index is 0.00366. The fraction of sp³-hybridized carbons (Fsp3) is 0.667. The molecule has 1 heterocycles. The molecule has 1 aliphatic heterocycles. The summed E-state index contributed by atoms with van der Waals surface area (Å²) >= 11 is 6.39. The van der Waals surface area contributed by atoms with Crippen molar-refractivity contribution >= 4 is 11.6 Å². The van der Waals surface area contributed by atoms with Crippen molar-refractivity contribution in [3.8, 4) is 11.5 Å². The van der Waals surface area contributed by atoms with Crippen LogP contribution in [0.1, 0.15) is 38.7 Å². The van der Waals surface area contributed by atoms with Crippen LogP contribution < -0.4 is 9.47 Å². The summed E-state index contributed by atoms with van der Waals surface area (Å²) in [5.74, 6) is 1.31. The number of hydrogen-bond donors (Lipinski definition) is 1. The molecular weight excluding hydrogens is 314 g/mol. The van der Waals surface area contributed by atoms with Crippen LogP contribution in [0.5, 0.6) is 11.5 Å². The van der Waals surface area contributed by atoms with Crippen LogP contribution in [0.2, 0.25) is 5.02 Å². The van der Waals surface area contributed by atoms with Gasteiger partial charge in [0.05, 0.1) is 18.7 Å². The van der Waals surface area contributed by atoms with Gasteiger partial charge < -0.3 is 14.6 Å². The number of halogens is 1. The lowest BCUT2D eigenvalue weighted by atomic mass is 9.82. The van der Waals surface area contributed by atoms with Gasteiger partial charge in [0, 0.05) is 25.1 Å². The van der Waals surface area contributed by atoms with Gasteiger partial charge in [-0.2, -0.15) is 0 Å². The van der Waals surface area contributed by atoms with E-state index in [-0.39, 0.29) is 12.0 Å². The first kappa shape index (κ1) is 18.4. The zero-order chi connectivity index (χ0) is 16.9. The molecule has 130 valence electrons. The molecule has 0 bridgehead atoms. The first-order chi connectivity index (χ1) is 11.0. The standard InChI is InChI=1S/C18H28ClNO3/c1-4-8-23-17-15(19)9-14(10-16(17)22-3)11-20-7-5-6-18(2,12-20)13-21/h9-10,21H,4-8,11-13H2,1-3H3. The third kappa shape index (κ3) is 4.75. The molecule has 23 heavy (non-hydrogen) atoms. The molecule has 2 rings (SSSR count). The van der Waals surface area contributed by atoms with E-state index in [0.29, 0.717) is 23.1 Å². The SMILES string of the molecule is CCCOc1c(Cl)cc(CN2CCCC(C)(CO)C2)cc1OC. The summed E-state index contributed by atoms with van der Waals surface area (Å²) in [6, 6.07) is 3.96. The van der Waals surface area contributed by atoms with Gasteiger partial charge >= 0.3 is 0 Å². The molecule has 1 unspecified atom stereocenters. The lowest BCUT2D eigenvalue weighted by Crippen LogP contribution is -2.43. The first-order valence-corrected chi connectivity index (χ1v) is 8.71. The predicted molar refractivity (Wildman–Crippen MR) is 93.5 cm³/mol. The number of rotatable bonds is 7. The number of piperidine rings is 1. The van der Waals surface area contributed by atoms with Gasteiger partial charge in [-0.15, -0.1) is 0 Å². The number of benzene rings is 1. The smallest absolute Gasteiger partial charge is 0.179 e. The maximum absolute atomic E-state index is 9.59. The summed E-state index contributed by atoms with van der Waals surface area (Å²) in [6.45, 7) is 7.81. The molecule has 0 saturated carbocycles. The van der Waals surface area contributed by atoms with Crippen molar-refractivity contribution in [2.24, 2.45) is 5.41 Å². The Labute approximate surface area is 144 Å². The quantitative estimate of drug-likeness (QED) is 0.820. The van der Waals surface area contributed by atoms with E-state index in [0.717, 1.165) is 44.5 Å². The number of aliphatic hydroxyl groups is 1. The average molecular weight is 342 g/mol. The van der Waals surface area contributed by atoms with Crippen LogP contribution in [-0.2, 0) is 6.54 Å². The van der Waals surface area contributed by atoms with Crippen LogP contribution in [0.25, 0.3) is 0 Å². The summed E-state index contributed by atoms with van der Waals surface area (Å²) in [5, 5.41) is 10.2. The Balaban J connectivity index is 2.12. The highest BCUT2D eigenvalue weighted by molar-refractivity contribution is 6.32. The molecular formula is C18H28ClNO3. The Hall–Kier alpha value is -0.970. The van der Waals surface area contributed by atoms with Gasteiger partial charge in [0.25, 0.3) is 0 Å². The van der Waals surface area contributed by atoms with Gasteiger partial charge in [-0.3, -0.25) is 4.90 Å². The highest BCUT2D eigenvalue weighted by atomic mass is 35.5. The summed E-state index contributed by atoms with van der Waals surface area (Å²) < 4.78 is 11.1. The van der Waals surface area contributed by atoms with E-state index >= 15 is 0 Å². The van der Waals surface area contributed by atoms with E-state index in [9.17, 15) is 5.11 Å². The molecule has 0 radical (unpaired) electrons. The van der Waals surface area contributed by atoms with Crippen molar-refractivity contribution in [1.29, 1.82) is 0 Å². The lowest BCUT2D eigenvalue weighted by molar-refractivity contribution is 0.0429. The minimum atomic E-state index is -0.00366. The number of aliphatic hydroxyl groups excluding tert-OH is 1. The fourth-order valence-corrected chi connectivity index (χ4v) is 3.45. The normalized spacial score (nSPS) is 22.1. The van der Waals surface area contributed by atoms with Crippen LogP contribution in [0.15, 0.2) is 12.1 Å². The third-order valence-corrected chi connectivity index (χ3v) is 4.67. The van der Waals surface area contributed by atoms with Gasteiger partial charge in [-0.25, -0.2) is 0 Å². The Morgan fingerprint density at radius 3 is 2.83 bits per heavy atom. The van der Waals surface area contributed by atoms with Gasteiger partial charge in [-0.05, 0) is 43.5 Å². The topological polar surface area (TPSA) is 41.9 Å². The summed E-state index contributed by atoms with van der Waals surface area (Å²) in [5.41, 5.74) is 1.11. The van der Waals surface area contributed by atoms with E-state index < -0.39 is 0 Å². The fourth-order valence-electron chi connectivity index (χ4n) is 3.16. The second-order valence-electron chi connectivity index (χ2n) is 6.74. The van der Waals surface area contributed by atoms with Crippen LogP contribution in [0, 0.1) is 5.41 Å². The number of nitrogens with zero attached hydrogens (tertiary/aromatic N) is 1. The van der Waals surface area contributed by atoms with E-state index in [1.165, 1.54) is 0 Å². The van der Waals surface area contributed by atoms with E-state index in [1.54, 1.807) is 7.11 Å². The summed E-state index contributed by atoms with van der Waals surface area (Å²) in [4.78, 5) is 2.37. The minimum Gasteiger partial charge on any atom is -0.493 e. The van der Waals surface area contributed by atoms with Crippen molar-refractivity contribution in [2.45, 2.75) is 39.7 Å². The Bertz CT molecular complexity index is 523. The van der Waals surface area contributed by atoms with Crippen LogP contribution in [-0.4, -0.2) is 43.4 Å². The third-order valence-electron chi connectivity index (χ3n) is 4.39. The number of methoxy groups -OCH3 is 1. The zero-order valence-electron chi connectivity index (χ0n) is 14.4. The lowest BCUT2D eigenvalue weighted by Gasteiger charge is -2.39. The Morgan fingerprint density at radius 1 is 1.39 bits per heavy atom. The highest BCUT2D eigenvalue weighted by Crippen LogP contribution is 2.37. The van der Waals surface area contributed by atoms with Gasteiger partial charge in [-0.1, -0.05) is 25.4 Å². The van der Waals surface area contributed by atoms with Crippen molar-refractivity contribution < 1.29 is 14.6 Å². The van der Waals surface area contributed by atoms with Crippen LogP contribution >= 0.6 is 11.6 Å². The maximum atomic E-state index is 9.59. The molecule has 1 N–H and O–H groups in total. The molecule has 0 amide bonds. The van der Waals surface area contributed by atoms with Crippen LogP contribution in [0.4, 0.5) is 0 Å². The number of hydrogen-bond acceptors (Lipinski definition) is 4. The molecule has 1 fully saturated rings. The molecule has 1 aliphatic rings. The molecule has 4 nitrogen and oxygen atoms in total. The van der Waals surface area contributed by atoms with Crippen LogP contribution in [0.3, 0.4) is 0 Å².